The Morgan fingerprint density at radius 3 is 1.32 bits per heavy atom. The van der Waals surface area contributed by atoms with Gasteiger partial charge in [-0.15, -0.1) is 0 Å². The third kappa shape index (κ3) is 6.03. The molecule has 25 heavy (non-hydrogen) atoms. The highest BCUT2D eigenvalue weighted by molar-refractivity contribution is 6.02. The van der Waals surface area contributed by atoms with E-state index in [1.807, 2.05) is 0 Å². The lowest BCUT2D eigenvalue weighted by Crippen LogP contribution is -2.46. The highest BCUT2D eigenvalue weighted by Crippen LogP contribution is 2.35. The predicted octanol–water partition coefficient (Wildman–Crippen LogP) is 1.64. The van der Waals surface area contributed by atoms with E-state index >= 15 is 0 Å². The van der Waals surface area contributed by atoms with Crippen molar-refractivity contribution in [1.82, 2.24) is 0 Å². The standard InChI is InChI=1S/C17H28O8/c1-6-17(15(20)24-9-4,16(21)25-10-5)11-12(13(18)22-7-2)14(19)23-8-3/h12H,6-11H2,1-5H3. The van der Waals surface area contributed by atoms with Crippen molar-refractivity contribution in [3.63, 3.8) is 0 Å². The second-order valence-electron chi connectivity index (χ2n) is 5.14. The van der Waals surface area contributed by atoms with Crippen LogP contribution in [0.1, 0.15) is 47.5 Å². The molecule has 8 nitrogen and oxygen atoms in total. The lowest BCUT2D eigenvalue weighted by atomic mass is 9.76. The van der Waals surface area contributed by atoms with Crippen LogP contribution in [0.4, 0.5) is 0 Å². The van der Waals surface area contributed by atoms with E-state index in [4.69, 9.17) is 18.9 Å². The summed E-state index contributed by atoms with van der Waals surface area (Å²) < 4.78 is 19.8. The molecule has 0 aromatic carbocycles. The van der Waals surface area contributed by atoms with E-state index in [1.165, 1.54) is 0 Å². The van der Waals surface area contributed by atoms with Gasteiger partial charge in [0.05, 0.1) is 26.4 Å². The number of esters is 4. The van der Waals surface area contributed by atoms with E-state index in [1.54, 1.807) is 34.6 Å². The molecule has 8 heteroatoms. The molecular weight excluding hydrogens is 332 g/mol. The first-order valence-electron chi connectivity index (χ1n) is 8.52. The number of carbonyl (C=O) groups excluding carboxylic acids is 4. The van der Waals surface area contributed by atoms with Gasteiger partial charge in [0.15, 0.2) is 11.3 Å². The molecule has 0 aliphatic heterocycles. The molecule has 0 aliphatic carbocycles. The molecule has 0 atom stereocenters. The minimum atomic E-state index is -1.78. The fraction of sp³-hybridized carbons (Fsp3) is 0.765. The Morgan fingerprint density at radius 1 is 0.680 bits per heavy atom. The molecular formula is C17H28O8. The molecule has 0 aromatic rings. The zero-order chi connectivity index (χ0) is 19.5. The molecule has 0 unspecified atom stereocenters. The van der Waals surface area contributed by atoms with Gasteiger partial charge in [-0.1, -0.05) is 6.92 Å². The summed E-state index contributed by atoms with van der Waals surface area (Å²) in [7, 11) is 0. The summed E-state index contributed by atoms with van der Waals surface area (Å²) >= 11 is 0. The minimum absolute atomic E-state index is 0.0000231. The van der Waals surface area contributed by atoms with Gasteiger partial charge in [-0.3, -0.25) is 19.2 Å². The molecule has 0 spiro atoms. The predicted molar refractivity (Wildman–Crippen MR) is 87.4 cm³/mol. The molecule has 0 amide bonds. The van der Waals surface area contributed by atoms with Crippen LogP contribution in [0.3, 0.4) is 0 Å². The Labute approximate surface area is 148 Å². The van der Waals surface area contributed by atoms with Gasteiger partial charge in [-0.25, -0.2) is 0 Å². The van der Waals surface area contributed by atoms with Crippen LogP contribution in [0.25, 0.3) is 0 Å². The van der Waals surface area contributed by atoms with Gasteiger partial charge in [-0.2, -0.15) is 0 Å². The van der Waals surface area contributed by atoms with Crippen molar-refractivity contribution in [3.8, 4) is 0 Å². The second-order valence-corrected chi connectivity index (χ2v) is 5.14. The topological polar surface area (TPSA) is 105 Å². The van der Waals surface area contributed by atoms with Crippen LogP contribution in [0.2, 0.25) is 0 Å². The Kier molecular flexibility index (Phi) is 10.5. The van der Waals surface area contributed by atoms with Crippen LogP contribution in [0.15, 0.2) is 0 Å². The lowest BCUT2D eigenvalue weighted by Gasteiger charge is -2.30. The second kappa shape index (κ2) is 11.4. The Morgan fingerprint density at radius 2 is 1.04 bits per heavy atom. The van der Waals surface area contributed by atoms with Crippen LogP contribution in [0.5, 0.6) is 0 Å². The Bertz CT molecular complexity index is 435. The summed E-state index contributed by atoms with van der Waals surface area (Å²) in [5.41, 5.74) is -1.78. The Hall–Kier alpha value is -2.12. The highest BCUT2D eigenvalue weighted by atomic mass is 16.6. The van der Waals surface area contributed by atoms with E-state index in [2.05, 4.69) is 0 Å². The highest BCUT2D eigenvalue weighted by Gasteiger charge is 2.52. The van der Waals surface area contributed by atoms with Crippen molar-refractivity contribution in [2.75, 3.05) is 26.4 Å². The van der Waals surface area contributed by atoms with Crippen molar-refractivity contribution in [3.05, 3.63) is 0 Å². The normalized spacial score (nSPS) is 11.0. The number of hydrogen-bond donors (Lipinski definition) is 0. The van der Waals surface area contributed by atoms with Gasteiger partial charge in [0.25, 0.3) is 0 Å². The van der Waals surface area contributed by atoms with Gasteiger partial charge in [0.2, 0.25) is 0 Å². The zero-order valence-corrected chi connectivity index (χ0v) is 15.6. The number of ether oxygens (including phenoxy) is 4. The number of rotatable bonds is 11. The van der Waals surface area contributed by atoms with Gasteiger partial charge in [-0.05, 0) is 40.5 Å². The van der Waals surface area contributed by atoms with Gasteiger partial charge in [0, 0.05) is 0 Å². The molecule has 0 saturated heterocycles. The molecule has 0 saturated carbocycles. The summed E-state index contributed by atoms with van der Waals surface area (Å²) in [4.78, 5) is 49.3. The van der Waals surface area contributed by atoms with Crippen molar-refractivity contribution in [2.45, 2.75) is 47.5 Å². The van der Waals surface area contributed by atoms with Gasteiger partial charge < -0.3 is 18.9 Å². The molecule has 0 rings (SSSR count). The summed E-state index contributed by atoms with van der Waals surface area (Å²) in [5.74, 6) is -4.81. The number of hydrogen-bond acceptors (Lipinski definition) is 8. The third-order valence-corrected chi connectivity index (χ3v) is 3.63. The van der Waals surface area contributed by atoms with E-state index in [0.29, 0.717) is 0 Å². The summed E-state index contributed by atoms with van der Waals surface area (Å²) in [6.07, 6.45) is -0.432. The molecule has 144 valence electrons. The molecule has 0 N–H and O–H groups in total. The fourth-order valence-corrected chi connectivity index (χ4v) is 2.32. The maximum Gasteiger partial charge on any atom is 0.323 e. The van der Waals surface area contributed by atoms with Crippen molar-refractivity contribution < 1.29 is 38.1 Å². The van der Waals surface area contributed by atoms with E-state index in [9.17, 15) is 19.2 Å². The minimum Gasteiger partial charge on any atom is -0.465 e. The number of carbonyl (C=O) groups is 4. The van der Waals surface area contributed by atoms with Crippen molar-refractivity contribution in [2.24, 2.45) is 11.3 Å². The van der Waals surface area contributed by atoms with Crippen molar-refractivity contribution >= 4 is 23.9 Å². The van der Waals surface area contributed by atoms with E-state index < -0.39 is 41.6 Å². The largest absolute Gasteiger partial charge is 0.465 e. The van der Waals surface area contributed by atoms with Crippen LogP contribution in [-0.2, 0) is 38.1 Å². The average Bonchev–Trinajstić information content (AvgIpc) is 2.56. The molecule has 0 fully saturated rings. The van der Waals surface area contributed by atoms with Crippen LogP contribution in [0, 0.1) is 11.3 Å². The first kappa shape index (κ1) is 22.9. The molecule has 0 aliphatic rings. The summed E-state index contributed by atoms with van der Waals surface area (Å²) in [6.45, 7) is 8.14. The smallest absolute Gasteiger partial charge is 0.323 e. The summed E-state index contributed by atoms with van der Waals surface area (Å²) in [6, 6.07) is 0. The molecule has 0 radical (unpaired) electrons. The third-order valence-electron chi connectivity index (χ3n) is 3.63. The van der Waals surface area contributed by atoms with Gasteiger partial charge in [0.1, 0.15) is 0 Å². The van der Waals surface area contributed by atoms with E-state index in [0.717, 1.165) is 0 Å². The van der Waals surface area contributed by atoms with Crippen molar-refractivity contribution in [1.29, 1.82) is 0 Å². The van der Waals surface area contributed by atoms with Gasteiger partial charge >= 0.3 is 23.9 Å². The van der Waals surface area contributed by atoms with E-state index in [-0.39, 0.29) is 32.8 Å². The maximum atomic E-state index is 12.5. The first-order chi connectivity index (χ1) is 11.8. The molecule has 0 bridgehead atoms. The average molecular weight is 360 g/mol. The molecule has 0 heterocycles. The lowest BCUT2D eigenvalue weighted by molar-refractivity contribution is -0.176. The summed E-state index contributed by atoms with van der Waals surface area (Å²) in [5, 5.41) is 0. The molecule has 0 aromatic heterocycles. The Balaban J connectivity index is 5.86. The van der Waals surface area contributed by atoms with Crippen LogP contribution >= 0.6 is 0 Å². The van der Waals surface area contributed by atoms with Crippen LogP contribution < -0.4 is 0 Å². The zero-order valence-electron chi connectivity index (χ0n) is 15.6. The fourth-order valence-electron chi connectivity index (χ4n) is 2.32. The first-order valence-corrected chi connectivity index (χ1v) is 8.52. The quantitative estimate of drug-likeness (QED) is 0.311. The monoisotopic (exact) mass is 360 g/mol. The maximum absolute atomic E-state index is 12.5. The SMILES string of the molecule is CCOC(=O)C(CC(CC)(C(=O)OCC)C(=O)OCC)C(=O)OCC. The van der Waals surface area contributed by atoms with Crippen LogP contribution in [-0.4, -0.2) is 50.3 Å².